The third kappa shape index (κ3) is 6.45. The summed E-state index contributed by atoms with van der Waals surface area (Å²) in [4.78, 5) is 23.1. The van der Waals surface area contributed by atoms with E-state index in [1.54, 1.807) is 19.3 Å². The first kappa shape index (κ1) is 22.1. The molecular formula is C22H24FN5O3. The van der Waals surface area contributed by atoms with E-state index < -0.39 is 11.7 Å². The number of carbonyl (C=O) groups excluding carboxylic acids is 1. The van der Waals surface area contributed by atoms with Crippen LogP contribution in [0.25, 0.3) is 0 Å². The SMILES string of the molecule is Cc1c(Oc2ccc(C(N)=O)cc2F)ncnc1OC1CCNCC1.c1ccncc1. The third-order valence-electron chi connectivity index (χ3n) is 4.55. The van der Waals surface area contributed by atoms with E-state index in [2.05, 4.69) is 20.3 Å². The lowest BCUT2D eigenvalue weighted by Gasteiger charge is -2.24. The summed E-state index contributed by atoms with van der Waals surface area (Å²) in [6, 6.07) is 9.47. The Morgan fingerprint density at radius 1 is 1.13 bits per heavy atom. The predicted octanol–water partition coefficient (Wildman–Crippen LogP) is 3.03. The molecule has 162 valence electrons. The van der Waals surface area contributed by atoms with Gasteiger partial charge in [0.05, 0.1) is 5.56 Å². The van der Waals surface area contributed by atoms with Crippen LogP contribution in [-0.2, 0) is 0 Å². The van der Waals surface area contributed by atoms with Crippen LogP contribution < -0.4 is 20.5 Å². The zero-order valence-corrected chi connectivity index (χ0v) is 17.1. The Morgan fingerprint density at radius 3 is 2.42 bits per heavy atom. The molecule has 31 heavy (non-hydrogen) atoms. The van der Waals surface area contributed by atoms with Crippen molar-refractivity contribution >= 4 is 5.91 Å². The summed E-state index contributed by atoms with van der Waals surface area (Å²) in [5, 5.41) is 3.27. The normalized spacial score (nSPS) is 13.6. The standard InChI is InChI=1S/C17H19FN4O3.C5H5N/c1-10-16(24-12-4-6-20-7-5-12)21-9-22-17(10)25-14-3-2-11(15(19)23)8-13(14)18;1-2-4-6-5-3-1/h2-3,8-9,12,20H,4-7H2,1H3,(H2,19,23);1-5H. The molecule has 8 nitrogen and oxygen atoms in total. The van der Waals surface area contributed by atoms with Gasteiger partial charge in [-0.25, -0.2) is 14.4 Å². The Bertz CT molecular complexity index is 971. The maximum Gasteiger partial charge on any atom is 0.248 e. The minimum absolute atomic E-state index is 0.0559. The number of nitrogens with one attached hydrogen (secondary N) is 1. The highest BCUT2D eigenvalue weighted by Crippen LogP contribution is 2.30. The van der Waals surface area contributed by atoms with E-state index in [9.17, 15) is 9.18 Å². The molecule has 3 N–H and O–H groups in total. The third-order valence-corrected chi connectivity index (χ3v) is 4.55. The number of aromatic nitrogens is 3. The van der Waals surface area contributed by atoms with Crippen LogP contribution in [0.5, 0.6) is 17.5 Å². The van der Waals surface area contributed by atoms with Crippen molar-refractivity contribution < 1.29 is 18.7 Å². The van der Waals surface area contributed by atoms with Gasteiger partial charge in [0.2, 0.25) is 17.7 Å². The van der Waals surface area contributed by atoms with Crippen LogP contribution in [-0.4, -0.2) is 40.1 Å². The number of nitrogens with zero attached hydrogens (tertiary/aromatic N) is 3. The number of hydrogen-bond acceptors (Lipinski definition) is 7. The fourth-order valence-corrected chi connectivity index (χ4v) is 2.87. The van der Waals surface area contributed by atoms with Crippen molar-refractivity contribution in [2.45, 2.75) is 25.9 Å². The molecule has 1 aliphatic heterocycles. The van der Waals surface area contributed by atoms with Crippen molar-refractivity contribution in [3.8, 4) is 17.5 Å². The Kier molecular flexibility index (Phi) is 7.83. The van der Waals surface area contributed by atoms with Crippen molar-refractivity contribution in [3.63, 3.8) is 0 Å². The van der Waals surface area contributed by atoms with E-state index in [1.165, 1.54) is 18.5 Å². The van der Waals surface area contributed by atoms with Crippen LogP contribution in [0.4, 0.5) is 4.39 Å². The van der Waals surface area contributed by atoms with Gasteiger partial charge in [-0.3, -0.25) is 9.78 Å². The van der Waals surface area contributed by atoms with Crippen molar-refractivity contribution in [2.24, 2.45) is 5.73 Å². The molecule has 0 radical (unpaired) electrons. The van der Waals surface area contributed by atoms with E-state index in [0.717, 1.165) is 32.0 Å². The average Bonchev–Trinajstić information content (AvgIpc) is 2.80. The van der Waals surface area contributed by atoms with Crippen LogP contribution in [0.1, 0.15) is 28.8 Å². The molecule has 0 saturated carbocycles. The number of nitrogens with two attached hydrogens (primary N) is 1. The van der Waals surface area contributed by atoms with E-state index in [0.29, 0.717) is 11.4 Å². The van der Waals surface area contributed by atoms with Gasteiger partial charge in [-0.2, -0.15) is 0 Å². The highest BCUT2D eigenvalue weighted by Gasteiger charge is 2.19. The lowest BCUT2D eigenvalue weighted by molar-refractivity contribution is 0.1000. The zero-order valence-electron chi connectivity index (χ0n) is 17.1. The summed E-state index contributed by atoms with van der Waals surface area (Å²) in [6.45, 7) is 3.55. The second kappa shape index (κ2) is 11.0. The van der Waals surface area contributed by atoms with Crippen LogP contribution in [0.2, 0.25) is 0 Å². The minimum atomic E-state index is -0.707. The Morgan fingerprint density at radius 2 is 1.84 bits per heavy atom. The quantitative estimate of drug-likeness (QED) is 0.646. The lowest BCUT2D eigenvalue weighted by Crippen LogP contribution is -2.34. The molecule has 0 unspecified atom stereocenters. The predicted molar refractivity (Wildman–Crippen MR) is 113 cm³/mol. The molecule has 0 atom stereocenters. The van der Waals surface area contributed by atoms with Crippen LogP contribution >= 0.6 is 0 Å². The minimum Gasteiger partial charge on any atom is -0.474 e. The summed E-state index contributed by atoms with van der Waals surface area (Å²) in [7, 11) is 0. The Balaban J connectivity index is 0.000000391. The largest absolute Gasteiger partial charge is 0.474 e. The number of benzene rings is 1. The number of carbonyl (C=O) groups is 1. The second-order valence-electron chi connectivity index (χ2n) is 6.81. The number of hydrogen-bond donors (Lipinski definition) is 2. The topological polar surface area (TPSA) is 112 Å². The summed E-state index contributed by atoms with van der Waals surface area (Å²) >= 11 is 0. The number of piperidine rings is 1. The van der Waals surface area contributed by atoms with Gasteiger partial charge in [-0.15, -0.1) is 0 Å². The molecule has 0 aliphatic carbocycles. The summed E-state index contributed by atoms with van der Waals surface area (Å²) in [6.07, 6.45) is 6.68. The van der Waals surface area contributed by atoms with Crippen molar-refractivity contribution in [3.05, 3.63) is 72.1 Å². The molecule has 0 spiro atoms. The van der Waals surface area contributed by atoms with Crippen molar-refractivity contribution in [2.75, 3.05) is 13.1 Å². The fraction of sp³-hybridized carbons (Fsp3) is 0.273. The Labute approximate surface area is 179 Å². The van der Waals surface area contributed by atoms with E-state index >= 15 is 0 Å². The summed E-state index contributed by atoms with van der Waals surface area (Å²) in [5.74, 6) is -0.841. The molecule has 1 aromatic carbocycles. The highest BCUT2D eigenvalue weighted by molar-refractivity contribution is 5.92. The van der Waals surface area contributed by atoms with Crippen LogP contribution in [0.3, 0.4) is 0 Å². The van der Waals surface area contributed by atoms with Crippen LogP contribution in [0, 0.1) is 12.7 Å². The molecule has 4 rings (SSSR count). The zero-order chi connectivity index (χ0) is 22.1. The average molecular weight is 425 g/mol. The number of halogens is 1. The molecule has 3 aromatic rings. The first-order valence-corrected chi connectivity index (χ1v) is 9.85. The molecule has 1 aliphatic rings. The lowest BCUT2D eigenvalue weighted by atomic mass is 10.1. The van der Waals surface area contributed by atoms with Crippen molar-refractivity contribution in [1.29, 1.82) is 0 Å². The smallest absolute Gasteiger partial charge is 0.248 e. The highest BCUT2D eigenvalue weighted by atomic mass is 19.1. The van der Waals surface area contributed by atoms with E-state index in [4.69, 9.17) is 15.2 Å². The maximum absolute atomic E-state index is 14.1. The van der Waals surface area contributed by atoms with Gasteiger partial charge in [0.1, 0.15) is 12.4 Å². The molecule has 9 heteroatoms. The molecule has 1 saturated heterocycles. The summed E-state index contributed by atoms with van der Waals surface area (Å²) in [5.41, 5.74) is 5.78. The van der Waals surface area contributed by atoms with Gasteiger partial charge in [0, 0.05) is 18.0 Å². The first-order chi connectivity index (χ1) is 15.0. The fourth-order valence-electron chi connectivity index (χ4n) is 2.87. The van der Waals surface area contributed by atoms with Gasteiger partial charge >= 0.3 is 0 Å². The first-order valence-electron chi connectivity index (χ1n) is 9.85. The number of ether oxygens (including phenoxy) is 2. The van der Waals surface area contributed by atoms with Crippen molar-refractivity contribution in [1.82, 2.24) is 20.3 Å². The molecule has 1 amide bonds. The number of amides is 1. The van der Waals surface area contributed by atoms with Gasteiger partial charge in [0.15, 0.2) is 11.6 Å². The molecule has 3 heterocycles. The van der Waals surface area contributed by atoms with Gasteiger partial charge < -0.3 is 20.5 Å². The molecule has 0 bridgehead atoms. The van der Waals surface area contributed by atoms with E-state index in [1.807, 2.05) is 18.2 Å². The number of pyridine rings is 1. The van der Waals surface area contributed by atoms with Gasteiger partial charge in [-0.05, 0) is 63.2 Å². The molecule has 1 fully saturated rings. The maximum atomic E-state index is 14.1. The van der Waals surface area contributed by atoms with E-state index in [-0.39, 0.29) is 23.3 Å². The Hall–Kier alpha value is -3.59. The number of primary amides is 1. The second-order valence-corrected chi connectivity index (χ2v) is 6.81. The molecule has 2 aromatic heterocycles. The van der Waals surface area contributed by atoms with Gasteiger partial charge in [-0.1, -0.05) is 6.07 Å². The summed E-state index contributed by atoms with van der Waals surface area (Å²) < 4.78 is 25.5. The molecular weight excluding hydrogens is 401 g/mol. The van der Waals surface area contributed by atoms with Crippen LogP contribution in [0.15, 0.2) is 55.1 Å². The number of rotatable bonds is 5. The monoisotopic (exact) mass is 425 g/mol. The van der Waals surface area contributed by atoms with Gasteiger partial charge in [0.25, 0.3) is 0 Å².